The van der Waals surface area contributed by atoms with Gasteiger partial charge in [0.15, 0.2) is 0 Å². The molecule has 0 saturated carbocycles. The average Bonchev–Trinajstić information content (AvgIpc) is 2.38. The van der Waals surface area contributed by atoms with Crippen LogP contribution in [0.5, 0.6) is 5.75 Å². The van der Waals surface area contributed by atoms with Gasteiger partial charge >= 0.3 is 0 Å². The fraction of sp³-hybridized carbons (Fsp3) is 0.583. The van der Waals surface area contributed by atoms with E-state index in [9.17, 15) is 0 Å². The fourth-order valence-corrected chi connectivity index (χ4v) is 1.33. The van der Waals surface area contributed by atoms with Gasteiger partial charge in [0.2, 0.25) is 0 Å². The lowest BCUT2D eigenvalue weighted by Crippen LogP contribution is -2.11. The smallest absolute Gasteiger partial charge is 0.142 e. The monoisotopic (exact) mass is 240 g/mol. The zero-order valence-corrected chi connectivity index (χ0v) is 10.2. The second-order valence-corrected chi connectivity index (χ2v) is 3.46. The second-order valence-electron chi connectivity index (χ2n) is 3.46. The van der Waals surface area contributed by atoms with E-state index in [1.54, 1.807) is 13.3 Å². The van der Waals surface area contributed by atoms with Crippen LogP contribution in [0.15, 0.2) is 18.3 Å². The minimum Gasteiger partial charge on any atom is -0.489 e. The van der Waals surface area contributed by atoms with E-state index in [1.165, 1.54) is 0 Å². The van der Waals surface area contributed by atoms with E-state index in [1.807, 2.05) is 12.1 Å². The van der Waals surface area contributed by atoms with E-state index < -0.39 is 0 Å². The maximum Gasteiger partial charge on any atom is 0.142 e. The molecule has 0 atom stereocenters. The first-order valence-electron chi connectivity index (χ1n) is 5.72. The minimum absolute atomic E-state index is 0.380. The first kappa shape index (κ1) is 13.9. The molecule has 0 aromatic carbocycles. The number of nitrogens with two attached hydrogens (primary N) is 1. The van der Waals surface area contributed by atoms with Crippen LogP contribution in [0.2, 0.25) is 0 Å². The predicted molar refractivity (Wildman–Crippen MR) is 64.9 cm³/mol. The summed E-state index contributed by atoms with van der Waals surface area (Å²) in [5.74, 6) is 0.732. The van der Waals surface area contributed by atoms with Crippen molar-refractivity contribution >= 4 is 0 Å². The molecule has 1 rings (SSSR count). The van der Waals surface area contributed by atoms with Gasteiger partial charge in [-0.25, -0.2) is 0 Å². The van der Waals surface area contributed by atoms with Crippen molar-refractivity contribution in [3.8, 4) is 5.75 Å². The van der Waals surface area contributed by atoms with Gasteiger partial charge in [-0.15, -0.1) is 0 Å². The van der Waals surface area contributed by atoms with Crippen LogP contribution in [0.1, 0.15) is 12.1 Å². The molecule has 0 radical (unpaired) electrons. The molecule has 0 aliphatic heterocycles. The van der Waals surface area contributed by atoms with Crippen molar-refractivity contribution in [1.29, 1.82) is 0 Å². The van der Waals surface area contributed by atoms with Crippen LogP contribution in [0, 0.1) is 0 Å². The topological polar surface area (TPSA) is 66.6 Å². The van der Waals surface area contributed by atoms with Crippen molar-refractivity contribution in [2.24, 2.45) is 5.73 Å². The first-order valence-corrected chi connectivity index (χ1v) is 5.72. The Morgan fingerprint density at radius 2 is 2.12 bits per heavy atom. The summed E-state index contributed by atoms with van der Waals surface area (Å²) in [6, 6.07) is 3.69. The zero-order valence-electron chi connectivity index (χ0n) is 10.2. The third-order valence-corrected chi connectivity index (χ3v) is 2.16. The van der Waals surface area contributed by atoms with Crippen LogP contribution >= 0.6 is 0 Å². The summed E-state index contributed by atoms with van der Waals surface area (Å²) in [4.78, 5) is 4.13. The van der Waals surface area contributed by atoms with Gasteiger partial charge in [-0.2, -0.15) is 0 Å². The van der Waals surface area contributed by atoms with Crippen molar-refractivity contribution in [3.63, 3.8) is 0 Å². The third kappa shape index (κ3) is 5.63. The summed E-state index contributed by atoms with van der Waals surface area (Å²) in [7, 11) is 1.68. The Kier molecular flexibility index (Phi) is 7.29. The van der Waals surface area contributed by atoms with Gasteiger partial charge < -0.3 is 19.9 Å². The molecule has 0 aliphatic carbocycles. The van der Waals surface area contributed by atoms with Gasteiger partial charge in [0.25, 0.3) is 0 Å². The van der Waals surface area contributed by atoms with Gasteiger partial charge in [-0.1, -0.05) is 0 Å². The zero-order chi connectivity index (χ0) is 12.3. The lowest BCUT2D eigenvalue weighted by molar-refractivity contribution is 0.0803. The standard InChI is InChI=1S/C12H20N2O3/c1-15-6-3-7-16-8-9-17-12-4-2-5-14-11(12)10-13/h2,4-5H,3,6-10,13H2,1H3. The number of rotatable bonds is 9. The number of ether oxygens (including phenoxy) is 3. The molecule has 0 aliphatic rings. The van der Waals surface area contributed by atoms with E-state index in [0.717, 1.165) is 24.5 Å². The molecular weight excluding hydrogens is 220 g/mol. The Bertz CT molecular complexity index is 308. The Balaban J connectivity index is 2.13. The number of pyridine rings is 1. The maximum absolute atomic E-state index is 5.55. The average molecular weight is 240 g/mol. The van der Waals surface area contributed by atoms with Gasteiger partial charge in [-0.05, 0) is 18.6 Å². The summed E-state index contributed by atoms with van der Waals surface area (Å²) >= 11 is 0. The molecule has 17 heavy (non-hydrogen) atoms. The molecule has 5 heteroatoms. The second kappa shape index (κ2) is 8.92. The van der Waals surface area contributed by atoms with Crippen LogP contribution in [0.25, 0.3) is 0 Å². The summed E-state index contributed by atoms with van der Waals surface area (Å²) in [6.45, 7) is 2.86. The van der Waals surface area contributed by atoms with Crippen LogP contribution in [0.3, 0.4) is 0 Å². The molecule has 96 valence electrons. The molecule has 1 heterocycles. The van der Waals surface area contributed by atoms with Crippen LogP contribution in [0.4, 0.5) is 0 Å². The highest BCUT2D eigenvalue weighted by Gasteiger charge is 2.01. The maximum atomic E-state index is 5.55. The first-order chi connectivity index (χ1) is 8.38. The van der Waals surface area contributed by atoms with Crippen LogP contribution in [-0.2, 0) is 16.0 Å². The van der Waals surface area contributed by atoms with E-state index in [0.29, 0.717) is 26.4 Å². The Morgan fingerprint density at radius 1 is 1.24 bits per heavy atom. The van der Waals surface area contributed by atoms with Gasteiger partial charge in [0.1, 0.15) is 12.4 Å². The van der Waals surface area contributed by atoms with E-state index >= 15 is 0 Å². The summed E-state index contributed by atoms with van der Waals surface area (Å²) in [5.41, 5.74) is 6.32. The van der Waals surface area contributed by atoms with Gasteiger partial charge in [-0.3, -0.25) is 4.98 Å². The molecule has 0 amide bonds. The van der Waals surface area contributed by atoms with Crippen molar-refractivity contribution in [1.82, 2.24) is 4.98 Å². The number of hydrogen-bond donors (Lipinski definition) is 1. The molecule has 0 saturated heterocycles. The molecule has 2 N–H and O–H groups in total. The quantitative estimate of drug-likeness (QED) is 0.651. The molecule has 1 aromatic rings. The Hall–Kier alpha value is -1.17. The highest BCUT2D eigenvalue weighted by atomic mass is 16.5. The van der Waals surface area contributed by atoms with Crippen molar-refractivity contribution in [2.45, 2.75) is 13.0 Å². The van der Waals surface area contributed by atoms with Crippen LogP contribution < -0.4 is 10.5 Å². The highest BCUT2D eigenvalue weighted by Crippen LogP contribution is 2.13. The molecule has 5 nitrogen and oxygen atoms in total. The molecular formula is C12H20N2O3. The highest BCUT2D eigenvalue weighted by molar-refractivity contribution is 5.26. The normalized spacial score (nSPS) is 10.5. The molecule has 0 fully saturated rings. The summed E-state index contributed by atoms with van der Waals surface area (Å²) in [6.07, 6.45) is 2.60. The molecule has 0 unspecified atom stereocenters. The number of aromatic nitrogens is 1. The van der Waals surface area contributed by atoms with E-state index in [-0.39, 0.29) is 0 Å². The van der Waals surface area contributed by atoms with E-state index in [4.69, 9.17) is 19.9 Å². The Morgan fingerprint density at radius 3 is 2.88 bits per heavy atom. The van der Waals surface area contributed by atoms with Gasteiger partial charge in [0, 0.05) is 33.1 Å². The van der Waals surface area contributed by atoms with E-state index in [2.05, 4.69) is 4.98 Å². The SMILES string of the molecule is COCCCOCCOc1cccnc1CN. The third-order valence-electron chi connectivity index (χ3n) is 2.16. The molecule has 0 bridgehead atoms. The van der Waals surface area contributed by atoms with Crippen molar-refractivity contribution in [3.05, 3.63) is 24.0 Å². The molecule has 1 aromatic heterocycles. The largest absolute Gasteiger partial charge is 0.489 e. The lowest BCUT2D eigenvalue weighted by Gasteiger charge is -2.09. The molecule has 0 spiro atoms. The minimum atomic E-state index is 0.380. The number of methoxy groups -OCH3 is 1. The summed E-state index contributed by atoms with van der Waals surface area (Å²) < 4.78 is 15.8. The Labute approximate surface area is 102 Å². The summed E-state index contributed by atoms with van der Waals surface area (Å²) in [5, 5.41) is 0. The lowest BCUT2D eigenvalue weighted by atomic mass is 10.3. The van der Waals surface area contributed by atoms with Crippen LogP contribution in [-0.4, -0.2) is 38.5 Å². The number of nitrogens with zero attached hydrogens (tertiary/aromatic N) is 1. The van der Waals surface area contributed by atoms with Crippen molar-refractivity contribution in [2.75, 3.05) is 33.5 Å². The van der Waals surface area contributed by atoms with Crippen molar-refractivity contribution < 1.29 is 14.2 Å². The fourth-order valence-electron chi connectivity index (χ4n) is 1.33. The number of hydrogen-bond acceptors (Lipinski definition) is 5. The van der Waals surface area contributed by atoms with Gasteiger partial charge in [0.05, 0.1) is 12.3 Å². The predicted octanol–water partition coefficient (Wildman–Crippen LogP) is 0.972.